The van der Waals surface area contributed by atoms with E-state index >= 15 is 0 Å². The van der Waals surface area contributed by atoms with Gasteiger partial charge in [-0.25, -0.2) is 0 Å². The minimum Gasteiger partial charge on any atom is -0.332 e. The van der Waals surface area contributed by atoms with Crippen molar-refractivity contribution in [2.45, 2.75) is 6.92 Å². The molecule has 9 heteroatoms. The Morgan fingerprint density at radius 3 is 2.57 bits per heavy atom. The molecule has 0 aliphatic rings. The smallest absolute Gasteiger partial charge is 0.288 e. The van der Waals surface area contributed by atoms with Gasteiger partial charge in [-0.1, -0.05) is 51.8 Å². The second-order valence-corrected chi connectivity index (χ2v) is 7.59. The van der Waals surface area contributed by atoms with Crippen LogP contribution in [0.1, 0.15) is 15.9 Å². The number of fused-ring (bicyclic) bond motifs is 1. The first-order chi connectivity index (χ1) is 13.3. The van der Waals surface area contributed by atoms with Crippen LogP contribution in [-0.4, -0.2) is 15.9 Å². The highest BCUT2D eigenvalue weighted by atomic mass is 79.9. The van der Waals surface area contributed by atoms with Crippen LogP contribution in [0.4, 0.5) is 11.4 Å². The maximum atomic E-state index is 12.7. The van der Waals surface area contributed by atoms with Crippen molar-refractivity contribution < 1.29 is 9.72 Å². The molecular formula is C19H13BrClN3O3S. The number of thiocarbonyl (C=S) groups is 1. The van der Waals surface area contributed by atoms with E-state index in [9.17, 15) is 14.9 Å². The van der Waals surface area contributed by atoms with E-state index < -0.39 is 4.92 Å². The number of halogens is 2. The minimum atomic E-state index is -0.558. The van der Waals surface area contributed by atoms with E-state index in [-0.39, 0.29) is 21.7 Å². The first kappa shape index (κ1) is 20.2. The monoisotopic (exact) mass is 477 g/mol. The predicted molar refractivity (Wildman–Crippen MR) is 118 cm³/mol. The van der Waals surface area contributed by atoms with Crippen LogP contribution in [0.5, 0.6) is 0 Å². The SMILES string of the molecule is Cc1cc([N+](=O)[O-])c(Cl)cc1NC(=S)NC(=O)c1cccc2c(Br)cccc12. The fraction of sp³-hybridized carbons (Fsp3) is 0.0526. The van der Waals surface area contributed by atoms with Gasteiger partial charge in [-0.2, -0.15) is 0 Å². The average molecular weight is 479 g/mol. The molecule has 28 heavy (non-hydrogen) atoms. The van der Waals surface area contributed by atoms with Gasteiger partial charge in [0.25, 0.3) is 11.6 Å². The predicted octanol–water partition coefficient (Wildman–Crippen LogP) is 5.60. The number of nitro benzene ring substituents is 1. The number of rotatable bonds is 3. The molecule has 0 fully saturated rings. The second kappa shape index (κ2) is 8.22. The Morgan fingerprint density at radius 1 is 1.18 bits per heavy atom. The minimum absolute atomic E-state index is 0.0221. The molecule has 0 heterocycles. The molecule has 0 aliphatic carbocycles. The summed E-state index contributed by atoms with van der Waals surface area (Å²) >= 11 is 14.6. The number of aryl methyl sites for hydroxylation is 1. The molecule has 0 saturated carbocycles. The Morgan fingerprint density at radius 2 is 1.86 bits per heavy atom. The Balaban J connectivity index is 1.81. The molecule has 0 saturated heterocycles. The van der Waals surface area contributed by atoms with Crippen molar-refractivity contribution in [3.63, 3.8) is 0 Å². The summed E-state index contributed by atoms with van der Waals surface area (Å²) in [5.74, 6) is -0.369. The van der Waals surface area contributed by atoms with Crippen LogP contribution < -0.4 is 10.6 Å². The van der Waals surface area contributed by atoms with Crippen LogP contribution in [0.2, 0.25) is 5.02 Å². The van der Waals surface area contributed by atoms with Crippen LogP contribution in [-0.2, 0) is 0 Å². The zero-order valence-electron chi connectivity index (χ0n) is 14.5. The van der Waals surface area contributed by atoms with Crippen molar-refractivity contribution in [3.05, 3.63) is 79.3 Å². The molecule has 0 unspecified atom stereocenters. The van der Waals surface area contributed by atoms with Crippen LogP contribution in [0, 0.1) is 17.0 Å². The van der Waals surface area contributed by atoms with Gasteiger partial charge in [-0.15, -0.1) is 0 Å². The van der Waals surface area contributed by atoms with E-state index in [2.05, 4.69) is 26.6 Å². The van der Waals surface area contributed by atoms with Crippen molar-refractivity contribution in [2.24, 2.45) is 0 Å². The molecule has 0 aliphatic heterocycles. The highest BCUT2D eigenvalue weighted by Crippen LogP contribution is 2.30. The lowest BCUT2D eigenvalue weighted by Crippen LogP contribution is -2.34. The van der Waals surface area contributed by atoms with Crippen LogP contribution in [0.3, 0.4) is 0 Å². The molecule has 3 aromatic rings. The lowest BCUT2D eigenvalue weighted by atomic mass is 10.0. The first-order valence-corrected chi connectivity index (χ1v) is 9.60. The van der Waals surface area contributed by atoms with E-state index in [4.69, 9.17) is 23.8 Å². The molecule has 2 N–H and O–H groups in total. The number of nitrogens with one attached hydrogen (secondary N) is 2. The zero-order chi connectivity index (χ0) is 20.4. The molecular weight excluding hydrogens is 466 g/mol. The molecule has 0 radical (unpaired) electrons. The molecule has 0 spiro atoms. The number of hydrogen-bond acceptors (Lipinski definition) is 4. The second-order valence-electron chi connectivity index (χ2n) is 5.92. The highest BCUT2D eigenvalue weighted by molar-refractivity contribution is 9.10. The largest absolute Gasteiger partial charge is 0.332 e. The van der Waals surface area contributed by atoms with Gasteiger partial charge in [-0.3, -0.25) is 20.2 Å². The number of carbonyl (C=O) groups excluding carboxylic acids is 1. The fourth-order valence-electron chi connectivity index (χ4n) is 2.73. The maximum absolute atomic E-state index is 12.7. The van der Waals surface area contributed by atoms with Crippen molar-refractivity contribution in [1.29, 1.82) is 0 Å². The molecule has 6 nitrogen and oxygen atoms in total. The van der Waals surface area contributed by atoms with Gasteiger partial charge in [0, 0.05) is 21.8 Å². The summed E-state index contributed by atoms with van der Waals surface area (Å²) in [6.45, 7) is 1.68. The van der Waals surface area contributed by atoms with Gasteiger partial charge >= 0.3 is 0 Å². The number of anilines is 1. The van der Waals surface area contributed by atoms with Crippen LogP contribution >= 0.6 is 39.7 Å². The summed E-state index contributed by atoms with van der Waals surface area (Å²) in [7, 11) is 0. The van der Waals surface area contributed by atoms with Gasteiger partial charge in [0.2, 0.25) is 0 Å². The summed E-state index contributed by atoms with van der Waals surface area (Å²) in [4.78, 5) is 23.1. The van der Waals surface area contributed by atoms with E-state index in [0.717, 1.165) is 15.2 Å². The van der Waals surface area contributed by atoms with Crippen molar-refractivity contribution in [1.82, 2.24) is 5.32 Å². The summed E-state index contributed by atoms with van der Waals surface area (Å²) < 4.78 is 0.886. The lowest BCUT2D eigenvalue weighted by molar-refractivity contribution is -0.384. The molecule has 142 valence electrons. The normalized spacial score (nSPS) is 10.5. The molecule has 3 rings (SSSR count). The van der Waals surface area contributed by atoms with Gasteiger partial charge in [0.15, 0.2) is 5.11 Å². The molecule has 1 amide bonds. The molecule has 0 aromatic heterocycles. The summed E-state index contributed by atoms with van der Waals surface area (Å²) in [5.41, 5.74) is 1.32. The first-order valence-electron chi connectivity index (χ1n) is 8.02. The number of nitrogens with zero attached hydrogens (tertiary/aromatic N) is 1. The van der Waals surface area contributed by atoms with Gasteiger partial charge in [-0.05, 0) is 53.7 Å². The number of amides is 1. The Labute approximate surface area is 179 Å². The van der Waals surface area contributed by atoms with E-state index in [1.807, 2.05) is 24.3 Å². The zero-order valence-corrected chi connectivity index (χ0v) is 17.6. The van der Waals surface area contributed by atoms with Crippen molar-refractivity contribution in [3.8, 4) is 0 Å². The van der Waals surface area contributed by atoms with Crippen LogP contribution in [0.25, 0.3) is 10.8 Å². The summed E-state index contributed by atoms with van der Waals surface area (Å²) in [5, 5.41) is 18.2. The fourth-order valence-corrected chi connectivity index (χ4v) is 3.67. The van der Waals surface area contributed by atoms with Crippen molar-refractivity contribution >= 4 is 72.9 Å². The summed E-state index contributed by atoms with van der Waals surface area (Å²) in [6.07, 6.45) is 0. The lowest BCUT2D eigenvalue weighted by Gasteiger charge is -2.13. The van der Waals surface area contributed by atoms with E-state index in [1.165, 1.54) is 12.1 Å². The average Bonchev–Trinajstić information content (AvgIpc) is 2.64. The maximum Gasteiger partial charge on any atom is 0.288 e. The third-order valence-corrected chi connectivity index (χ3v) is 5.28. The Bertz CT molecular complexity index is 1140. The summed E-state index contributed by atoms with van der Waals surface area (Å²) in [6, 6.07) is 13.8. The quantitative estimate of drug-likeness (QED) is 0.291. The number of hydrogen-bond donors (Lipinski definition) is 2. The third kappa shape index (κ3) is 4.14. The van der Waals surface area contributed by atoms with Crippen LogP contribution in [0.15, 0.2) is 53.0 Å². The number of carbonyl (C=O) groups is 1. The third-order valence-electron chi connectivity index (χ3n) is 4.08. The molecule has 0 bridgehead atoms. The Kier molecular flexibility index (Phi) is 5.93. The topological polar surface area (TPSA) is 84.3 Å². The van der Waals surface area contributed by atoms with E-state index in [0.29, 0.717) is 16.8 Å². The van der Waals surface area contributed by atoms with E-state index in [1.54, 1.807) is 19.1 Å². The van der Waals surface area contributed by atoms with Crippen molar-refractivity contribution in [2.75, 3.05) is 5.32 Å². The molecule has 0 atom stereocenters. The van der Waals surface area contributed by atoms with Gasteiger partial charge in [0.1, 0.15) is 5.02 Å². The number of nitro groups is 1. The van der Waals surface area contributed by atoms with Gasteiger partial charge < -0.3 is 5.32 Å². The highest BCUT2D eigenvalue weighted by Gasteiger charge is 2.17. The standard InChI is InChI=1S/C19H13BrClN3O3S/c1-10-8-17(24(26)27)15(21)9-16(10)22-19(28)23-18(25)13-6-2-5-12-11(13)4-3-7-14(12)20/h2-9H,1H3,(H2,22,23,25,28). The Hall–Kier alpha value is -2.55. The number of benzene rings is 3. The van der Waals surface area contributed by atoms with Gasteiger partial charge in [0.05, 0.1) is 4.92 Å². The molecule has 3 aromatic carbocycles.